The summed E-state index contributed by atoms with van der Waals surface area (Å²) in [7, 11) is 0. The van der Waals surface area contributed by atoms with Crippen molar-refractivity contribution in [3.63, 3.8) is 0 Å². The van der Waals surface area contributed by atoms with Crippen LogP contribution in [0.4, 0.5) is 0 Å². The third-order valence-electron chi connectivity index (χ3n) is 3.72. The Hall–Kier alpha value is -2.06. The molecule has 0 heterocycles. The number of fused-ring (bicyclic) bond motifs is 2. The zero-order valence-corrected chi connectivity index (χ0v) is 10.9. The molecule has 2 heteroatoms. The van der Waals surface area contributed by atoms with Gasteiger partial charge in [-0.25, -0.2) is 0 Å². The Kier molecular flexibility index (Phi) is 2.12. The number of rotatable bonds is 0. The lowest BCUT2D eigenvalue weighted by Gasteiger charge is -2.20. The van der Waals surface area contributed by atoms with Gasteiger partial charge in [0.05, 0.1) is 0 Å². The largest absolute Gasteiger partial charge is 0.289 e. The van der Waals surface area contributed by atoms with Gasteiger partial charge in [-0.3, -0.25) is 4.79 Å². The molecule has 19 heavy (non-hydrogen) atoms. The predicted octanol–water partition coefficient (Wildman–Crippen LogP) is 4.34. The topological polar surface area (TPSA) is 17.1 Å². The lowest BCUT2D eigenvalue weighted by atomic mass is 9.83. The van der Waals surface area contributed by atoms with Gasteiger partial charge >= 0.3 is 0 Å². The van der Waals surface area contributed by atoms with Crippen LogP contribution >= 0.6 is 12.6 Å². The number of carbonyl (C=O) groups is 1. The second kappa shape index (κ2) is 3.72. The number of hydrogen-bond donors (Lipinski definition) is 1. The lowest BCUT2D eigenvalue weighted by molar-refractivity contribution is 0.104. The van der Waals surface area contributed by atoms with Crippen LogP contribution in [0.1, 0.15) is 15.9 Å². The third-order valence-corrected chi connectivity index (χ3v) is 4.11. The molecule has 0 spiro atoms. The van der Waals surface area contributed by atoms with Gasteiger partial charge in [0.15, 0.2) is 5.78 Å². The number of ketones is 1. The minimum Gasteiger partial charge on any atom is -0.289 e. The molecule has 0 N–H and O–H groups in total. The summed E-state index contributed by atoms with van der Waals surface area (Å²) in [6, 6.07) is 17.7. The van der Waals surface area contributed by atoms with Crippen LogP contribution in [0.15, 0.2) is 59.5 Å². The Labute approximate surface area is 116 Å². The molecule has 0 bridgehead atoms. The smallest absolute Gasteiger partial charge is 0.194 e. The quantitative estimate of drug-likeness (QED) is 0.466. The zero-order valence-electron chi connectivity index (χ0n) is 10.1. The predicted molar refractivity (Wildman–Crippen MR) is 80.1 cm³/mol. The van der Waals surface area contributed by atoms with Crippen LogP contribution in [0, 0.1) is 0 Å². The van der Waals surface area contributed by atoms with Crippen molar-refractivity contribution in [2.24, 2.45) is 0 Å². The van der Waals surface area contributed by atoms with Gasteiger partial charge < -0.3 is 0 Å². The summed E-state index contributed by atoms with van der Waals surface area (Å²) in [5.41, 5.74) is 3.71. The van der Waals surface area contributed by atoms with E-state index in [1.54, 1.807) is 0 Å². The van der Waals surface area contributed by atoms with Gasteiger partial charge in [-0.15, -0.1) is 12.6 Å². The van der Waals surface area contributed by atoms with Crippen molar-refractivity contribution >= 4 is 29.2 Å². The first-order valence-electron chi connectivity index (χ1n) is 6.16. The fourth-order valence-electron chi connectivity index (χ4n) is 2.87. The fraction of sp³-hybridized carbons (Fsp3) is 0. The Morgan fingerprint density at radius 3 is 2.26 bits per heavy atom. The second-order valence-electron chi connectivity index (χ2n) is 4.74. The maximum absolute atomic E-state index is 12.6. The first-order chi connectivity index (χ1) is 9.27. The number of thiol groups is 1. The third kappa shape index (κ3) is 1.35. The van der Waals surface area contributed by atoms with Crippen LogP contribution in [-0.2, 0) is 0 Å². The molecule has 0 fully saturated rings. The highest BCUT2D eigenvalue weighted by molar-refractivity contribution is 7.80. The summed E-state index contributed by atoms with van der Waals surface area (Å²) in [6.45, 7) is 0. The Bertz CT molecular complexity index is 849. The number of carbonyl (C=O) groups excluding carboxylic acids is 1. The maximum Gasteiger partial charge on any atom is 0.194 e. The molecule has 3 aromatic rings. The van der Waals surface area contributed by atoms with Crippen LogP contribution in [0.3, 0.4) is 0 Å². The van der Waals surface area contributed by atoms with E-state index in [0.29, 0.717) is 0 Å². The highest BCUT2D eigenvalue weighted by Gasteiger charge is 2.24. The molecular weight excluding hydrogens is 252 g/mol. The number of hydrogen-bond acceptors (Lipinski definition) is 2. The monoisotopic (exact) mass is 262 g/mol. The van der Waals surface area contributed by atoms with Gasteiger partial charge in [0.2, 0.25) is 0 Å². The van der Waals surface area contributed by atoms with Crippen LogP contribution in [0.2, 0.25) is 0 Å². The van der Waals surface area contributed by atoms with Crippen LogP contribution in [0.5, 0.6) is 0 Å². The molecule has 4 rings (SSSR count). The fourth-order valence-corrected chi connectivity index (χ4v) is 3.13. The first kappa shape index (κ1) is 10.8. The highest BCUT2D eigenvalue weighted by Crippen LogP contribution is 2.40. The molecule has 0 atom stereocenters. The van der Waals surface area contributed by atoms with Gasteiger partial charge in [-0.1, -0.05) is 48.5 Å². The average molecular weight is 262 g/mol. The summed E-state index contributed by atoms with van der Waals surface area (Å²) in [5, 5.41) is 2.07. The van der Waals surface area contributed by atoms with E-state index in [9.17, 15) is 4.79 Å². The molecule has 90 valence electrons. The molecule has 0 saturated carbocycles. The SMILES string of the molecule is O=C1c2ccccc2-c2ccc(S)c3cccc1c23. The zero-order chi connectivity index (χ0) is 13.0. The van der Waals surface area contributed by atoms with Crippen molar-refractivity contribution in [2.45, 2.75) is 4.90 Å². The molecule has 0 aromatic heterocycles. The molecule has 0 radical (unpaired) electrons. The Morgan fingerprint density at radius 1 is 0.684 bits per heavy atom. The van der Waals surface area contributed by atoms with E-state index in [-0.39, 0.29) is 5.78 Å². The maximum atomic E-state index is 12.6. The molecular formula is C17H10OS. The minimum absolute atomic E-state index is 0.104. The van der Waals surface area contributed by atoms with E-state index < -0.39 is 0 Å². The van der Waals surface area contributed by atoms with Gasteiger partial charge in [-0.2, -0.15) is 0 Å². The van der Waals surface area contributed by atoms with Crippen molar-refractivity contribution in [3.05, 3.63) is 65.7 Å². The molecule has 0 amide bonds. The van der Waals surface area contributed by atoms with E-state index in [2.05, 4.69) is 18.7 Å². The lowest BCUT2D eigenvalue weighted by Crippen LogP contribution is -2.09. The molecule has 1 nitrogen and oxygen atoms in total. The summed E-state index contributed by atoms with van der Waals surface area (Å²) in [6.07, 6.45) is 0. The molecule has 0 unspecified atom stereocenters. The molecule has 1 aliphatic carbocycles. The standard InChI is InChI=1S/C17H10OS/c18-17-12-5-2-1-4-10(12)11-8-9-15(19)13-6-3-7-14(17)16(11)13/h1-9,19H. The van der Waals surface area contributed by atoms with Gasteiger partial charge in [-0.05, 0) is 22.6 Å². The van der Waals surface area contributed by atoms with E-state index in [1.165, 1.54) is 0 Å². The summed E-state index contributed by atoms with van der Waals surface area (Å²) in [4.78, 5) is 13.5. The minimum atomic E-state index is 0.104. The van der Waals surface area contributed by atoms with Crippen molar-refractivity contribution in [1.82, 2.24) is 0 Å². The molecule has 3 aromatic carbocycles. The molecule has 0 aliphatic heterocycles. The average Bonchev–Trinajstić information content (AvgIpc) is 2.46. The molecule has 0 saturated heterocycles. The van der Waals surface area contributed by atoms with Crippen LogP contribution < -0.4 is 0 Å². The molecule has 1 aliphatic rings. The van der Waals surface area contributed by atoms with Crippen LogP contribution in [0.25, 0.3) is 21.9 Å². The summed E-state index contributed by atoms with van der Waals surface area (Å²) >= 11 is 4.50. The van der Waals surface area contributed by atoms with E-state index in [0.717, 1.165) is 37.9 Å². The number of benzene rings is 3. The van der Waals surface area contributed by atoms with E-state index in [4.69, 9.17) is 0 Å². The van der Waals surface area contributed by atoms with Crippen molar-refractivity contribution in [3.8, 4) is 11.1 Å². The first-order valence-corrected chi connectivity index (χ1v) is 6.61. The Morgan fingerprint density at radius 2 is 1.42 bits per heavy atom. The highest BCUT2D eigenvalue weighted by atomic mass is 32.1. The van der Waals surface area contributed by atoms with E-state index in [1.807, 2.05) is 48.5 Å². The van der Waals surface area contributed by atoms with Gasteiger partial charge in [0.1, 0.15) is 0 Å². The summed E-state index contributed by atoms with van der Waals surface area (Å²) in [5.74, 6) is 0.104. The van der Waals surface area contributed by atoms with Gasteiger partial charge in [0, 0.05) is 21.4 Å². The van der Waals surface area contributed by atoms with Gasteiger partial charge in [0.25, 0.3) is 0 Å². The second-order valence-corrected chi connectivity index (χ2v) is 5.22. The van der Waals surface area contributed by atoms with Crippen molar-refractivity contribution in [2.75, 3.05) is 0 Å². The van der Waals surface area contributed by atoms with Crippen molar-refractivity contribution in [1.29, 1.82) is 0 Å². The summed E-state index contributed by atoms with van der Waals surface area (Å²) < 4.78 is 0. The normalized spacial score (nSPS) is 12.6. The van der Waals surface area contributed by atoms with Crippen molar-refractivity contribution < 1.29 is 4.79 Å². The van der Waals surface area contributed by atoms with Crippen LogP contribution in [-0.4, -0.2) is 5.78 Å². The Balaban J connectivity index is 2.28. The van der Waals surface area contributed by atoms with E-state index >= 15 is 0 Å².